The highest BCUT2D eigenvalue weighted by molar-refractivity contribution is 5.81. The lowest BCUT2D eigenvalue weighted by Crippen LogP contribution is -2.45. The van der Waals surface area contributed by atoms with Gasteiger partial charge in [-0.3, -0.25) is 9.59 Å². The Kier molecular flexibility index (Phi) is 9.09. The second kappa shape index (κ2) is 10.9. The molecule has 0 bridgehead atoms. The number of primary amides is 1. The van der Waals surface area contributed by atoms with Crippen LogP contribution in [0.25, 0.3) is 0 Å². The lowest BCUT2D eigenvalue weighted by atomic mass is 10.00. The SMILES string of the molecule is CC[C@@H]1CCCCN1C(=O)COC(=O)CCCCCNC(N)=O. The summed E-state index contributed by atoms with van der Waals surface area (Å²) in [6, 6.07) is -0.251. The highest BCUT2D eigenvalue weighted by atomic mass is 16.5. The van der Waals surface area contributed by atoms with E-state index in [0.29, 0.717) is 19.4 Å². The molecule has 1 rings (SSSR count). The number of piperidine rings is 1. The van der Waals surface area contributed by atoms with Crippen molar-refractivity contribution in [3.63, 3.8) is 0 Å². The summed E-state index contributed by atoms with van der Waals surface area (Å²) in [5.41, 5.74) is 4.94. The quantitative estimate of drug-likeness (QED) is 0.495. The molecule has 0 aliphatic carbocycles. The molecular formula is C16H29N3O4. The number of amides is 3. The number of esters is 1. The van der Waals surface area contributed by atoms with Gasteiger partial charge in [0.2, 0.25) is 0 Å². The monoisotopic (exact) mass is 327 g/mol. The van der Waals surface area contributed by atoms with Crippen molar-refractivity contribution in [2.24, 2.45) is 5.73 Å². The Bertz CT molecular complexity index is 401. The van der Waals surface area contributed by atoms with Gasteiger partial charge in [0.05, 0.1) is 0 Å². The number of carbonyl (C=O) groups excluding carboxylic acids is 3. The van der Waals surface area contributed by atoms with Crippen LogP contribution in [0.4, 0.5) is 4.79 Å². The number of hydrogen-bond donors (Lipinski definition) is 2. The predicted octanol–water partition coefficient (Wildman–Crippen LogP) is 1.55. The molecule has 0 radical (unpaired) electrons. The van der Waals surface area contributed by atoms with Gasteiger partial charge in [0.25, 0.3) is 5.91 Å². The van der Waals surface area contributed by atoms with Gasteiger partial charge in [-0.05, 0) is 38.5 Å². The summed E-state index contributed by atoms with van der Waals surface area (Å²) in [6.07, 6.45) is 6.70. The van der Waals surface area contributed by atoms with E-state index in [-0.39, 0.29) is 24.5 Å². The molecule has 0 aromatic carbocycles. The molecule has 0 aromatic heterocycles. The number of urea groups is 1. The first-order valence-corrected chi connectivity index (χ1v) is 8.53. The Morgan fingerprint density at radius 1 is 1.22 bits per heavy atom. The van der Waals surface area contributed by atoms with Crippen molar-refractivity contribution in [2.75, 3.05) is 19.7 Å². The molecule has 0 saturated carbocycles. The van der Waals surface area contributed by atoms with Crippen LogP contribution in [0.3, 0.4) is 0 Å². The molecule has 1 saturated heterocycles. The average molecular weight is 327 g/mol. The van der Waals surface area contributed by atoms with E-state index in [9.17, 15) is 14.4 Å². The van der Waals surface area contributed by atoms with Gasteiger partial charge in [-0.15, -0.1) is 0 Å². The van der Waals surface area contributed by atoms with Crippen LogP contribution in [0.2, 0.25) is 0 Å². The van der Waals surface area contributed by atoms with Crippen LogP contribution in [0.5, 0.6) is 0 Å². The summed E-state index contributed by atoms with van der Waals surface area (Å²) < 4.78 is 5.07. The van der Waals surface area contributed by atoms with Crippen molar-refractivity contribution in [3.05, 3.63) is 0 Å². The van der Waals surface area contributed by atoms with Crippen molar-refractivity contribution < 1.29 is 19.1 Å². The topological polar surface area (TPSA) is 102 Å². The lowest BCUT2D eigenvalue weighted by Gasteiger charge is -2.35. The normalized spacial score (nSPS) is 17.6. The molecule has 3 N–H and O–H groups in total. The summed E-state index contributed by atoms with van der Waals surface area (Å²) in [6.45, 7) is 3.20. The van der Waals surface area contributed by atoms with E-state index in [2.05, 4.69) is 12.2 Å². The second-order valence-corrected chi connectivity index (χ2v) is 5.91. The molecular weight excluding hydrogens is 298 g/mol. The molecule has 1 atom stereocenters. The fourth-order valence-corrected chi connectivity index (χ4v) is 2.83. The Morgan fingerprint density at radius 2 is 2.00 bits per heavy atom. The summed E-state index contributed by atoms with van der Waals surface area (Å²) >= 11 is 0. The first-order valence-electron chi connectivity index (χ1n) is 8.53. The van der Waals surface area contributed by atoms with Gasteiger partial charge in [0.1, 0.15) is 0 Å². The number of rotatable bonds is 9. The number of hydrogen-bond acceptors (Lipinski definition) is 4. The Hall–Kier alpha value is -1.79. The molecule has 1 aliphatic heterocycles. The van der Waals surface area contributed by atoms with E-state index in [1.807, 2.05) is 4.90 Å². The number of unbranched alkanes of at least 4 members (excludes halogenated alkanes) is 2. The minimum atomic E-state index is -0.536. The number of nitrogens with zero attached hydrogens (tertiary/aromatic N) is 1. The lowest BCUT2D eigenvalue weighted by molar-refractivity contribution is -0.153. The highest BCUT2D eigenvalue weighted by Crippen LogP contribution is 2.19. The molecule has 1 fully saturated rings. The van der Waals surface area contributed by atoms with Gasteiger partial charge in [0, 0.05) is 25.6 Å². The smallest absolute Gasteiger partial charge is 0.312 e. The molecule has 23 heavy (non-hydrogen) atoms. The fraction of sp³-hybridized carbons (Fsp3) is 0.812. The molecule has 0 aromatic rings. The molecule has 7 nitrogen and oxygen atoms in total. The number of carbonyl (C=O) groups is 3. The largest absolute Gasteiger partial charge is 0.456 e. The zero-order valence-corrected chi connectivity index (χ0v) is 14.0. The molecule has 0 spiro atoms. The summed E-state index contributed by atoms with van der Waals surface area (Å²) in [4.78, 5) is 36.1. The molecule has 0 unspecified atom stereocenters. The van der Waals surface area contributed by atoms with Gasteiger partial charge in [0.15, 0.2) is 6.61 Å². The van der Waals surface area contributed by atoms with Gasteiger partial charge in [-0.25, -0.2) is 4.79 Å². The fourth-order valence-electron chi connectivity index (χ4n) is 2.83. The Balaban J connectivity index is 2.12. The van der Waals surface area contributed by atoms with E-state index in [1.165, 1.54) is 0 Å². The van der Waals surface area contributed by atoms with E-state index >= 15 is 0 Å². The average Bonchev–Trinajstić information content (AvgIpc) is 2.55. The van der Waals surface area contributed by atoms with Crippen LogP contribution in [0.15, 0.2) is 0 Å². The summed E-state index contributed by atoms with van der Waals surface area (Å²) in [7, 11) is 0. The molecule has 1 aliphatic rings. The first-order chi connectivity index (χ1) is 11.0. The van der Waals surface area contributed by atoms with Crippen LogP contribution in [0.1, 0.15) is 58.3 Å². The molecule has 3 amide bonds. The van der Waals surface area contributed by atoms with Crippen molar-refractivity contribution >= 4 is 17.9 Å². The zero-order chi connectivity index (χ0) is 17.1. The van der Waals surface area contributed by atoms with Gasteiger partial charge < -0.3 is 20.7 Å². The van der Waals surface area contributed by atoms with E-state index in [0.717, 1.165) is 45.1 Å². The molecule has 1 heterocycles. The van der Waals surface area contributed by atoms with Crippen molar-refractivity contribution in [3.8, 4) is 0 Å². The van der Waals surface area contributed by atoms with E-state index in [1.54, 1.807) is 0 Å². The van der Waals surface area contributed by atoms with Crippen LogP contribution in [-0.4, -0.2) is 48.5 Å². The number of likely N-dealkylation sites (tertiary alicyclic amines) is 1. The summed E-state index contributed by atoms with van der Waals surface area (Å²) in [5.74, 6) is -0.429. The summed E-state index contributed by atoms with van der Waals surface area (Å²) in [5, 5.41) is 2.49. The van der Waals surface area contributed by atoms with Gasteiger partial charge in [-0.1, -0.05) is 13.3 Å². The maximum absolute atomic E-state index is 12.1. The van der Waals surface area contributed by atoms with Gasteiger partial charge >= 0.3 is 12.0 Å². The Morgan fingerprint density at radius 3 is 2.70 bits per heavy atom. The molecule has 132 valence electrons. The van der Waals surface area contributed by atoms with Crippen LogP contribution < -0.4 is 11.1 Å². The number of ether oxygens (including phenoxy) is 1. The van der Waals surface area contributed by atoms with Crippen molar-refractivity contribution in [2.45, 2.75) is 64.3 Å². The third-order valence-electron chi connectivity index (χ3n) is 4.13. The van der Waals surface area contributed by atoms with Crippen molar-refractivity contribution in [1.82, 2.24) is 10.2 Å². The van der Waals surface area contributed by atoms with E-state index in [4.69, 9.17) is 10.5 Å². The minimum absolute atomic E-state index is 0.0874. The maximum Gasteiger partial charge on any atom is 0.312 e. The van der Waals surface area contributed by atoms with Crippen LogP contribution in [0, 0.1) is 0 Å². The number of nitrogens with one attached hydrogen (secondary N) is 1. The standard InChI is InChI=1S/C16H29N3O4/c1-2-13-8-5-7-11-19(13)14(20)12-23-15(21)9-4-3-6-10-18-16(17)22/h13H,2-12H2,1H3,(H3,17,18,22)/t13-/m1/s1. The Labute approximate surface area is 137 Å². The third-order valence-corrected chi connectivity index (χ3v) is 4.13. The number of nitrogens with two attached hydrogens (primary N) is 1. The third kappa shape index (κ3) is 7.85. The van der Waals surface area contributed by atoms with Crippen molar-refractivity contribution in [1.29, 1.82) is 0 Å². The zero-order valence-electron chi connectivity index (χ0n) is 14.0. The minimum Gasteiger partial charge on any atom is -0.456 e. The second-order valence-electron chi connectivity index (χ2n) is 5.91. The van der Waals surface area contributed by atoms with Gasteiger partial charge in [-0.2, -0.15) is 0 Å². The van der Waals surface area contributed by atoms with Crippen LogP contribution >= 0.6 is 0 Å². The predicted molar refractivity (Wildman–Crippen MR) is 86.7 cm³/mol. The van der Waals surface area contributed by atoms with Crippen LogP contribution in [-0.2, 0) is 14.3 Å². The highest BCUT2D eigenvalue weighted by Gasteiger charge is 2.25. The van der Waals surface area contributed by atoms with E-state index < -0.39 is 6.03 Å². The first kappa shape index (κ1) is 19.3. The molecule has 7 heteroatoms. The maximum atomic E-state index is 12.1.